The smallest absolute Gasteiger partial charge is 0.306 e. The first-order valence-corrected chi connectivity index (χ1v) is 22.5. The van der Waals surface area contributed by atoms with Gasteiger partial charge in [-0.25, -0.2) is 0 Å². The minimum Gasteiger partial charge on any atom is -0.462 e. The van der Waals surface area contributed by atoms with E-state index < -0.39 is 6.10 Å². The van der Waals surface area contributed by atoms with E-state index in [1.54, 1.807) is 0 Å². The molecule has 0 aliphatic heterocycles. The third-order valence-corrected chi connectivity index (χ3v) is 9.30. The van der Waals surface area contributed by atoms with Crippen LogP contribution in [0, 0.1) is 0 Å². The highest BCUT2D eigenvalue weighted by Gasteiger charge is 2.19. The zero-order valence-electron chi connectivity index (χ0n) is 35.7. The molecule has 6 heteroatoms. The molecule has 0 aromatic rings. The van der Waals surface area contributed by atoms with Gasteiger partial charge in [-0.1, -0.05) is 196 Å². The second-order valence-corrected chi connectivity index (χ2v) is 14.7. The van der Waals surface area contributed by atoms with Crippen LogP contribution < -0.4 is 0 Å². The Morgan fingerprint density at radius 1 is 0.400 bits per heavy atom. The van der Waals surface area contributed by atoms with Gasteiger partial charge < -0.3 is 14.2 Å². The summed E-state index contributed by atoms with van der Waals surface area (Å²) in [6, 6.07) is 0. The third kappa shape index (κ3) is 41.8. The Balaban J connectivity index is 4.48. The van der Waals surface area contributed by atoms with Gasteiger partial charge >= 0.3 is 17.9 Å². The summed E-state index contributed by atoms with van der Waals surface area (Å²) in [4.78, 5) is 37.6. The van der Waals surface area contributed by atoms with Gasteiger partial charge in [-0.15, -0.1) is 0 Å². The standard InChI is InChI=1S/C49H82O6/c1-4-7-10-13-16-19-21-23-24-26-27-30-33-36-39-42-48(51)54-45-46(44-53-47(50)41-38-35-32-29-18-15-12-9-6-3)55-49(52)43-40-37-34-31-28-25-22-20-17-14-11-8-5-2/h7,10,13,16,19,21,23-25,28,34,37,46H,4-6,8-9,11-12,14-15,17-18,20,22,26-27,29-33,35-36,38-45H2,1-3H3/b10-7-,16-13-,21-19-,24-23-,28-25-,37-34-. The van der Waals surface area contributed by atoms with Crippen molar-refractivity contribution in [3.63, 3.8) is 0 Å². The zero-order chi connectivity index (χ0) is 40.1. The van der Waals surface area contributed by atoms with E-state index in [0.717, 1.165) is 77.0 Å². The maximum atomic E-state index is 12.7. The molecule has 0 bridgehead atoms. The molecule has 0 spiro atoms. The van der Waals surface area contributed by atoms with E-state index in [9.17, 15) is 14.4 Å². The Morgan fingerprint density at radius 3 is 1.33 bits per heavy atom. The maximum Gasteiger partial charge on any atom is 0.306 e. The molecule has 55 heavy (non-hydrogen) atoms. The summed E-state index contributed by atoms with van der Waals surface area (Å²) in [6.07, 6.45) is 53.2. The lowest BCUT2D eigenvalue weighted by Crippen LogP contribution is -2.30. The average Bonchev–Trinajstić information content (AvgIpc) is 3.18. The van der Waals surface area contributed by atoms with E-state index >= 15 is 0 Å². The molecule has 0 rings (SSSR count). The van der Waals surface area contributed by atoms with Crippen molar-refractivity contribution in [2.45, 2.75) is 207 Å². The maximum absolute atomic E-state index is 12.7. The van der Waals surface area contributed by atoms with Crippen molar-refractivity contribution in [3.05, 3.63) is 72.9 Å². The van der Waals surface area contributed by atoms with Crippen LogP contribution >= 0.6 is 0 Å². The highest BCUT2D eigenvalue weighted by atomic mass is 16.6. The molecule has 0 aromatic heterocycles. The second kappa shape index (κ2) is 43.6. The Labute approximate surface area is 338 Å². The number of carbonyl (C=O) groups excluding carboxylic acids is 3. The predicted octanol–water partition coefficient (Wildman–Crippen LogP) is 14.3. The summed E-state index contributed by atoms with van der Waals surface area (Å²) in [5, 5.41) is 0. The molecular weight excluding hydrogens is 685 g/mol. The van der Waals surface area contributed by atoms with E-state index in [1.807, 2.05) is 30.4 Å². The number of rotatable bonds is 39. The lowest BCUT2D eigenvalue weighted by Gasteiger charge is -2.18. The first-order valence-electron chi connectivity index (χ1n) is 22.5. The fourth-order valence-electron chi connectivity index (χ4n) is 5.92. The number of carbonyl (C=O) groups is 3. The largest absolute Gasteiger partial charge is 0.462 e. The van der Waals surface area contributed by atoms with Crippen molar-refractivity contribution in [3.8, 4) is 0 Å². The number of esters is 3. The summed E-state index contributed by atoms with van der Waals surface area (Å²) in [7, 11) is 0. The van der Waals surface area contributed by atoms with Crippen molar-refractivity contribution < 1.29 is 28.6 Å². The van der Waals surface area contributed by atoms with Gasteiger partial charge in [-0.2, -0.15) is 0 Å². The predicted molar refractivity (Wildman–Crippen MR) is 233 cm³/mol. The van der Waals surface area contributed by atoms with Gasteiger partial charge in [0.15, 0.2) is 6.10 Å². The molecule has 0 heterocycles. The van der Waals surface area contributed by atoms with Gasteiger partial charge in [0.05, 0.1) is 0 Å². The molecule has 1 atom stereocenters. The molecule has 0 N–H and O–H groups in total. The number of hydrogen-bond acceptors (Lipinski definition) is 6. The van der Waals surface area contributed by atoms with Crippen LogP contribution in [0.5, 0.6) is 0 Å². The summed E-state index contributed by atoms with van der Waals surface area (Å²) < 4.78 is 16.6. The van der Waals surface area contributed by atoms with Crippen molar-refractivity contribution >= 4 is 17.9 Å². The zero-order valence-corrected chi connectivity index (χ0v) is 35.7. The highest BCUT2D eigenvalue weighted by Crippen LogP contribution is 2.13. The summed E-state index contributed by atoms with van der Waals surface area (Å²) in [6.45, 7) is 6.38. The molecular formula is C49H82O6. The number of allylic oxidation sites excluding steroid dienone is 12. The molecule has 0 aliphatic rings. The third-order valence-electron chi connectivity index (χ3n) is 9.30. The molecule has 0 saturated carbocycles. The first-order chi connectivity index (χ1) is 27.0. The monoisotopic (exact) mass is 767 g/mol. The van der Waals surface area contributed by atoms with Crippen molar-refractivity contribution in [1.29, 1.82) is 0 Å². The highest BCUT2D eigenvalue weighted by molar-refractivity contribution is 5.71. The van der Waals surface area contributed by atoms with Crippen molar-refractivity contribution in [2.24, 2.45) is 0 Å². The first kappa shape index (κ1) is 51.9. The van der Waals surface area contributed by atoms with Crippen LogP contribution in [0.3, 0.4) is 0 Å². The molecule has 0 aromatic carbocycles. The molecule has 0 amide bonds. The number of unbranched alkanes of at least 4 members (excludes halogenated alkanes) is 19. The van der Waals surface area contributed by atoms with Crippen molar-refractivity contribution in [2.75, 3.05) is 13.2 Å². The lowest BCUT2D eigenvalue weighted by atomic mass is 10.1. The fourth-order valence-corrected chi connectivity index (χ4v) is 5.92. The van der Waals surface area contributed by atoms with E-state index in [0.29, 0.717) is 19.3 Å². The van der Waals surface area contributed by atoms with E-state index in [4.69, 9.17) is 14.2 Å². The van der Waals surface area contributed by atoms with Crippen LogP contribution in [0.15, 0.2) is 72.9 Å². The van der Waals surface area contributed by atoms with E-state index in [-0.39, 0.29) is 37.5 Å². The summed E-state index contributed by atoms with van der Waals surface area (Å²) in [5.41, 5.74) is 0. The van der Waals surface area contributed by atoms with E-state index in [1.165, 1.54) is 77.0 Å². The Kier molecular flexibility index (Phi) is 41.1. The number of ether oxygens (including phenoxy) is 3. The molecule has 0 saturated heterocycles. The molecule has 0 fully saturated rings. The van der Waals surface area contributed by atoms with E-state index in [2.05, 4.69) is 63.3 Å². The van der Waals surface area contributed by atoms with Crippen LogP contribution in [-0.4, -0.2) is 37.2 Å². The van der Waals surface area contributed by atoms with Gasteiger partial charge in [-0.3, -0.25) is 14.4 Å². The molecule has 0 radical (unpaired) electrons. The van der Waals surface area contributed by atoms with Crippen LogP contribution in [0.2, 0.25) is 0 Å². The van der Waals surface area contributed by atoms with Crippen molar-refractivity contribution in [1.82, 2.24) is 0 Å². The van der Waals surface area contributed by atoms with Crippen LogP contribution in [0.4, 0.5) is 0 Å². The Hall–Kier alpha value is -3.15. The average molecular weight is 767 g/mol. The van der Waals surface area contributed by atoms with Gasteiger partial charge in [0.1, 0.15) is 13.2 Å². The normalized spacial score (nSPS) is 12.7. The summed E-state index contributed by atoms with van der Waals surface area (Å²) in [5.74, 6) is -1.01. The van der Waals surface area contributed by atoms with Gasteiger partial charge in [-0.05, 0) is 57.8 Å². The van der Waals surface area contributed by atoms with Crippen LogP contribution in [0.25, 0.3) is 0 Å². The molecule has 0 aliphatic carbocycles. The minimum absolute atomic E-state index is 0.105. The molecule has 1 unspecified atom stereocenters. The Bertz CT molecular complexity index is 1070. The van der Waals surface area contributed by atoms with Crippen LogP contribution in [0.1, 0.15) is 201 Å². The fraction of sp³-hybridized carbons (Fsp3) is 0.694. The quantitative estimate of drug-likeness (QED) is 0.0204. The SMILES string of the molecule is CC\C=C/C=C\C=C/C=C\CCCCCCCC(=O)OCC(COC(=O)CCCCCCCCCCC)OC(=O)CC/C=C\C/C=C\CCCCCCCC. The topological polar surface area (TPSA) is 78.9 Å². The molecule has 314 valence electrons. The second-order valence-electron chi connectivity index (χ2n) is 14.7. The van der Waals surface area contributed by atoms with Gasteiger partial charge in [0.25, 0.3) is 0 Å². The minimum atomic E-state index is -0.811. The van der Waals surface area contributed by atoms with Crippen LogP contribution in [-0.2, 0) is 28.6 Å². The lowest BCUT2D eigenvalue weighted by molar-refractivity contribution is -0.166. The molecule has 6 nitrogen and oxygen atoms in total. The van der Waals surface area contributed by atoms with Gasteiger partial charge in [0.2, 0.25) is 0 Å². The number of hydrogen-bond donors (Lipinski definition) is 0. The van der Waals surface area contributed by atoms with Gasteiger partial charge in [0, 0.05) is 19.3 Å². The Morgan fingerprint density at radius 2 is 0.818 bits per heavy atom. The summed E-state index contributed by atoms with van der Waals surface area (Å²) >= 11 is 0.